The average molecular weight is 213 g/mol. The molecule has 0 bridgehead atoms. The Hall–Kier alpha value is -0.810. The normalized spacial score (nSPS) is 31.0. The molecule has 1 saturated carbocycles. The van der Waals surface area contributed by atoms with Crippen LogP contribution in [0.5, 0.6) is 0 Å². The van der Waals surface area contributed by atoms with Crippen LogP contribution in [0.15, 0.2) is 0 Å². The first kappa shape index (κ1) is 10.7. The van der Waals surface area contributed by atoms with Gasteiger partial charge in [-0.05, 0) is 19.3 Å². The van der Waals surface area contributed by atoms with Crippen molar-refractivity contribution in [3.8, 4) is 0 Å². The Morgan fingerprint density at radius 2 is 2.40 bits per heavy atom. The molecule has 86 valence electrons. The third-order valence-electron chi connectivity index (χ3n) is 3.14. The Labute approximate surface area is 89.9 Å². The van der Waals surface area contributed by atoms with E-state index in [0.717, 1.165) is 32.4 Å². The van der Waals surface area contributed by atoms with Crippen molar-refractivity contribution in [2.75, 3.05) is 26.2 Å². The molecule has 15 heavy (non-hydrogen) atoms. The summed E-state index contributed by atoms with van der Waals surface area (Å²) in [4.78, 5) is 13.0. The lowest BCUT2D eigenvalue weighted by Crippen LogP contribution is -2.35. The van der Waals surface area contributed by atoms with E-state index in [-0.39, 0.29) is 18.2 Å². The van der Waals surface area contributed by atoms with Crippen LogP contribution in [0.1, 0.15) is 19.3 Å². The van der Waals surface area contributed by atoms with Crippen molar-refractivity contribution < 1.29 is 9.53 Å². The summed E-state index contributed by atoms with van der Waals surface area (Å²) < 4.78 is 5.68. The number of amides is 2. The molecule has 1 aliphatic carbocycles. The lowest BCUT2D eigenvalue weighted by Gasteiger charge is -2.19. The second kappa shape index (κ2) is 4.81. The second-order valence-corrected chi connectivity index (χ2v) is 4.22. The predicted molar refractivity (Wildman–Crippen MR) is 56.5 cm³/mol. The van der Waals surface area contributed by atoms with Gasteiger partial charge in [0.15, 0.2) is 0 Å². The van der Waals surface area contributed by atoms with Gasteiger partial charge in [-0.2, -0.15) is 0 Å². The molecule has 1 saturated heterocycles. The maximum Gasteiger partial charge on any atom is 0.317 e. The highest BCUT2D eigenvalue weighted by atomic mass is 16.5. The van der Waals surface area contributed by atoms with E-state index in [0.29, 0.717) is 13.2 Å². The number of urea groups is 1. The summed E-state index contributed by atoms with van der Waals surface area (Å²) in [5.74, 6) is 0. The largest absolute Gasteiger partial charge is 0.375 e. The van der Waals surface area contributed by atoms with Gasteiger partial charge >= 0.3 is 6.03 Å². The third kappa shape index (κ3) is 2.60. The Morgan fingerprint density at radius 1 is 1.53 bits per heavy atom. The van der Waals surface area contributed by atoms with E-state index in [1.165, 1.54) is 0 Å². The van der Waals surface area contributed by atoms with Crippen LogP contribution < -0.4 is 11.1 Å². The minimum Gasteiger partial charge on any atom is -0.375 e. The van der Waals surface area contributed by atoms with Gasteiger partial charge in [0, 0.05) is 25.7 Å². The van der Waals surface area contributed by atoms with Gasteiger partial charge < -0.3 is 20.7 Å². The molecule has 2 fully saturated rings. The Morgan fingerprint density at radius 3 is 3.00 bits per heavy atom. The number of hydrogen-bond acceptors (Lipinski definition) is 3. The van der Waals surface area contributed by atoms with E-state index in [2.05, 4.69) is 5.32 Å². The highest BCUT2D eigenvalue weighted by molar-refractivity contribution is 5.76. The maximum absolute atomic E-state index is 11.2. The monoisotopic (exact) mass is 213 g/mol. The van der Waals surface area contributed by atoms with Crippen molar-refractivity contribution >= 4 is 6.03 Å². The van der Waals surface area contributed by atoms with Gasteiger partial charge in [-0.15, -0.1) is 0 Å². The SMILES string of the molecule is NC1CCCC1OCCN1CCNC1=O. The van der Waals surface area contributed by atoms with Crippen molar-refractivity contribution in [3.63, 3.8) is 0 Å². The van der Waals surface area contributed by atoms with Gasteiger partial charge in [0.05, 0.1) is 12.7 Å². The molecular weight excluding hydrogens is 194 g/mol. The minimum absolute atomic E-state index is 0.0225. The number of rotatable bonds is 4. The fraction of sp³-hybridized carbons (Fsp3) is 0.900. The van der Waals surface area contributed by atoms with Crippen LogP contribution in [0, 0.1) is 0 Å². The van der Waals surface area contributed by atoms with Crippen molar-refractivity contribution in [2.24, 2.45) is 5.73 Å². The molecule has 2 amide bonds. The molecule has 0 aromatic rings. The van der Waals surface area contributed by atoms with Crippen LogP contribution in [0.3, 0.4) is 0 Å². The molecule has 3 N–H and O–H groups in total. The summed E-state index contributed by atoms with van der Waals surface area (Å²) in [7, 11) is 0. The molecular formula is C10H19N3O2. The maximum atomic E-state index is 11.2. The molecule has 2 unspecified atom stereocenters. The number of nitrogens with zero attached hydrogens (tertiary/aromatic N) is 1. The van der Waals surface area contributed by atoms with Crippen molar-refractivity contribution in [1.29, 1.82) is 0 Å². The van der Waals surface area contributed by atoms with E-state index < -0.39 is 0 Å². The fourth-order valence-electron chi connectivity index (χ4n) is 2.20. The minimum atomic E-state index is 0.0225. The molecule has 0 spiro atoms. The first-order chi connectivity index (χ1) is 7.27. The van der Waals surface area contributed by atoms with Crippen LogP contribution in [0.2, 0.25) is 0 Å². The highest BCUT2D eigenvalue weighted by Crippen LogP contribution is 2.20. The standard InChI is InChI=1S/C10H19N3O2/c11-8-2-1-3-9(8)15-7-6-13-5-4-12-10(13)14/h8-9H,1-7,11H2,(H,12,14). The number of hydrogen-bond donors (Lipinski definition) is 2. The molecule has 2 rings (SSSR count). The quantitative estimate of drug-likeness (QED) is 0.685. The van der Waals surface area contributed by atoms with Gasteiger partial charge in [0.25, 0.3) is 0 Å². The van der Waals surface area contributed by atoms with Gasteiger partial charge in [-0.25, -0.2) is 4.79 Å². The number of ether oxygens (including phenoxy) is 1. The zero-order chi connectivity index (χ0) is 10.7. The summed E-state index contributed by atoms with van der Waals surface area (Å²) in [6.07, 6.45) is 3.49. The highest BCUT2D eigenvalue weighted by Gasteiger charge is 2.25. The van der Waals surface area contributed by atoms with Crippen LogP contribution in [-0.2, 0) is 4.74 Å². The second-order valence-electron chi connectivity index (χ2n) is 4.22. The van der Waals surface area contributed by atoms with Crippen molar-refractivity contribution in [3.05, 3.63) is 0 Å². The Bertz CT molecular complexity index is 235. The molecule has 2 aliphatic rings. The molecule has 1 aliphatic heterocycles. The van der Waals surface area contributed by atoms with E-state index in [9.17, 15) is 4.79 Å². The van der Waals surface area contributed by atoms with E-state index in [1.807, 2.05) is 0 Å². The van der Waals surface area contributed by atoms with Crippen molar-refractivity contribution in [1.82, 2.24) is 10.2 Å². The number of nitrogens with one attached hydrogen (secondary N) is 1. The van der Waals surface area contributed by atoms with E-state index in [1.54, 1.807) is 4.90 Å². The Kier molecular flexibility index (Phi) is 3.43. The summed E-state index contributed by atoms with van der Waals surface area (Å²) in [5.41, 5.74) is 5.88. The lowest BCUT2D eigenvalue weighted by molar-refractivity contribution is 0.0400. The van der Waals surface area contributed by atoms with Gasteiger partial charge in [-0.1, -0.05) is 0 Å². The fourth-order valence-corrected chi connectivity index (χ4v) is 2.20. The summed E-state index contributed by atoms with van der Waals surface area (Å²) in [6.45, 7) is 2.82. The molecule has 5 nitrogen and oxygen atoms in total. The summed E-state index contributed by atoms with van der Waals surface area (Å²) in [6, 6.07) is 0.215. The van der Waals surface area contributed by atoms with E-state index >= 15 is 0 Å². The first-order valence-corrected chi connectivity index (χ1v) is 5.67. The smallest absolute Gasteiger partial charge is 0.317 e. The molecule has 0 aromatic carbocycles. The molecule has 0 aromatic heterocycles. The summed E-state index contributed by atoms with van der Waals surface area (Å²) in [5, 5.41) is 2.76. The summed E-state index contributed by atoms with van der Waals surface area (Å²) >= 11 is 0. The number of nitrogens with two attached hydrogens (primary N) is 1. The van der Waals surface area contributed by atoms with Gasteiger partial charge in [-0.3, -0.25) is 0 Å². The first-order valence-electron chi connectivity index (χ1n) is 5.67. The number of carbonyl (C=O) groups is 1. The van der Waals surface area contributed by atoms with Crippen LogP contribution >= 0.6 is 0 Å². The zero-order valence-electron chi connectivity index (χ0n) is 8.95. The molecule has 1 heterocycles. The zero-order valence-corrected chi connectivity index (χ0v) is 8.95. The third-order valence-corrected chi connectivity index (χ3v) is 3.14. The average Bonchev–Trinajstić information content (AvgIpc) is 2.78. The molecule has 5 heteroatoms. The predicted octanol–water partition coefficient (Wildman–Crippen LogP) is -0.0920. The van der Waals surface area contributed by atoms with Gasteiger partial charge in [0.1, 0.15) is 0 Å². The van der Waals surface area contributed by atoms with E-state index in [4.69, 9.17) is 10.5 Å². The van der Waals surface area contributed by atoms with Crippen LogP contribution in [-0.4, -0.2) is 49.3 Å². The lowest BCUT2D eigenvalue weighted by atomic mass is 10.2. The van der Waals surface area contributed by atoms with Crippen LogP contribution in [0.4, 0.5) is 4.79 Å². The van der Waals surface area contributed by atoms with Gasteiger partial charge in [0.2, 0.25) is 0 Å². The van der Waals surface area contributed by atoms with Crippen LogP contribution in [0.25, 0.3) is 0 Å². The topological polar surface area (TPSA) is 67.6 Å². The number of carbonyl (C=O) groups excluding carboxylic acids is 1. The van der Waals surface area contributed by atoms with Crippen molar-refractivity contribution in [2.45, 2.75) is 31.4 Å². The molecule has 2 atom stereocenters. The molecule has 0 radical (unpaired) electrons. The Balaban J connectivity index is 1.64.